The number of carbonyl (C=O) groups excluding carboxylic acids is 1. The summed E-state index contributed by atoms with van der Waals surface area (Å²) in [6.45, 7) is 2.01. The number of hydrogen-bond acceptors (Lipinski definition) is 2. The fourth-order valence-electron chi connectivity index (χ4n) is 1.49. The molecule has 2 aromatic rings. The molecule has 0 aliphatic heterocycles. The van der Waals surface area contributed by atoms with E-state index < -0.39 is 5.97 Å². The molecule has 0 saturated carbocycles. The molecule has 0 radical (unpaired) electrons. The van der Waals surface area contributed by atoms with Gasteiger partial charge in [-0.1, -0.05) is 35.9 Å². The Morgan fingerprint density at radius 1 is 1.07 bits per heavy atom. The van der Waals surface area contributed by atoms with Gasteiger partial charge < -0.3 is 9.90 Å². The predicted molar refractivity (Wildman–Crippen MR) is 53.0 cm³/mol. The molecule has 2 nitrogen and oxygen atoms in total. The molecular weight excluding hydrogens is 199 g/mol. The van der Waals surface area contributed by atoms with Crippen LogP contribution in [0.3, 0.4) is 0 Å². The van der Waals surface area contributed by atoms with Crippen LogP contribution in [0, 0.1) is 6.92 Å². The van der Waals surface area contributed by atoms with Gasteiger partial charge in [0.25, 0.3) is 0 Å². The molecule has 0 fully saturated rings. The summed E-state index contributed by atoms with van der Waals surface area (Å²) in [4.78, 5) is 10.6. The average Bonchev–Trinajstić information content (AvgIpc) is 2.16. The van der Waals surface area contributed by atoms with Crippen LogP contribution in [0.2, 0.25) is 0 Å². The van der Waals surface area contributed by atoms with Crippen molar-refractivity contribution in [3.8, 4) is 0 Å². The summed E-state index contributed by atoms with van der Waals surface area (Å²) >= 11 is 0. The van der Waals surface area contributed by atoms with E-state index in [1.54, 1.807) is 18.2 Å². The van der Waals surface area contributed by atoms with E-state index in [9.17, 15) is 9.90 Å². The van der Waals surface area contributed by atoms with E-state index in [2.05, 4.69) is 0 Å². The molecule has 15 heavy (non-hydrogen) atoms. The number of carbonyl (C=O) groups is 1. The number of carboxylic acid groups (broad SMARTS) is 1. The Balaban J connectivity index is 0.00000112. The van der Waals surface area contributed by atoms with E-state index in [0.717, 1.165) is 10.8 Å². The smallest absolute Gasteiger partial charge is 0.545 e. The molecule has 0 amide bonds. The fraction of sp³-hybridized carbons (Fsp3) is 0.0833. The van der Waals surface area contributed by atoms with Crippen molar-refractivity contribution >= 4 is 16.7 Å². The monoisotopic (exact) mass is 208 g/mol. The topological polar surface area (TPSA) is 40.1 Å². The summed E-state index contributed by atoms with van der Waals surface area (Å²) in [5.41, 5.74) is 1.39. The second kappa shape index (κ2) is 4.79. The Kier molecular flexibility index (Phi) is 3.91. The first kappa shape index (κ1) is 12.2. The molecule has 0 bridgehead atoms. The van der Waals surface area contributed by atoms with E-state index in [1.165, 1.54) is 5.56 Å². The van der Waals surface area contributed by atoms with Crippen LogP contribution in [-0.4, -0.2) is 5.97 Å². The number of benzene rings is 2. The van der Waals surface area contributed by atoms with Gasteiger partial charge in [-0.3, -0.25) is 0 Å². The van der Waals surface area contributed by atoms with Gasteiger partial charge in [-0.25, -0.2) is 0 Å². The maximum absolute atomic E-state index is 10.6. The number of carboxylic acids is 1. The molecule has 0 unspecified atom stereocenters. The third-order valence-electron chi connectivity index (χ3n) is 2.23. The number of aromatic carboxylic acids is 1. The van der Waals surface area contributed by atoms with Gasteiger partial charge in [0.1, 0.15) is 0 Å². The summed E-state index contributed by atoms with van der Waals surface area (Å²) in [7, 11) is 0. The van der Waals surface area contributed by atoms with E-state index in [1.807, 2.05) is 25.1 Å². The van der Waals surface area contributed by atoms with Crippen molar-refractivity contribution in [1.82, 2.24) is 0 Å². The summed E-state index contributed by atoms with van der Waals surface area (Å²) < 4.78 is 0. The van der Waals surface area contributed by atoms with Crippen LogP contribution in [0.1, 0.15) is 15.9 Å². The van der Waals surface area contributed by atoms with Gasteiger partial charge in [0.15, 0.2) is 0 Å². The number of aryl methyl sites for hydroxylation is 1. The number of fused-ring (bicyclic) bond motifs is 1. The molecule has 2 rings (SSSR count). The van der Waals surface area contributed by atoms with Crippen molar-refractivity contribution in [3.05, 3.63) is 47.5 Å². The van der Waals surface area contributed by atoms with Crippen LogP contribution in [-0.2, 0) is 0 Å². The van der Waals surface area contributed by atoms with E-state index in [0.29, 0.717) is 0 Å². The molecule has 0 aromatic heterocycles. The second-order valence-corrected chi connectivity index (χ2v) is 3.35. The standard InChI is InChI=1S/C12H10O2.Na/c1-8-2-3-10-7-11(12(13)14)5-4-9(10)6-8;/h2-7H,1H3,(H,13,14);/q;+1/p-1. The minimum absolute atomic E-state index is 0. The van der Waals surface area contributed by atoms with Gasteiger partial charge in [0.05, 0.1) is 5.97 Å². The zero-order valence-corrected chi connectivity index (χ0v) is 10.8. The summed E-state index contributed by atoms with van der Waals surface area (Å²) in [6.07, 6.45) is 0. The first-order valence-electron chi connectivity index (χ1n) is 4.38. The Morgan fingerprint density at radius 2 is 1.67 bits per heavy atom. The van der Waals surface area contributed by atoms with E-state index in [-0.39, 0.29) is 35.1 Å². The number of rotatable bonds is 1. The minimum Gasteiger partial charge on any atom is -0.545 e. The Bertz CT molecular complexity index is 506. The SMILES string of the molecule is Cc1ccc2cc(C(=O)[O-])ccc2c1.[Na+]. The van der Waals surface area contributed by atoms with Crippen molar-refractivity contribution in [2.45, 2.75) is 6.92 Å². The van der Waals surface area contributed by atoms with Crippen LogP contribution in [0.5, 0.6) is 0 Å². The summed E-state index contributed by atoms with van der Waals surface area (Å²) in [6, 6.07) is 10.9. The quantitative estimate of drug-likeness (QED) is 0.536. The largest absolute Gasteiger partial charge is 1.00 e. The summed E-state index contributed by atoms with van der Waals surface area (Å²) in [5, 5.41) is 12.6. The molecule has 0 spiro atoms. The molecule has 0 saturated heterocycles. The molecule has 70 valence electrons. The Morgan fingerprint density at radius 3 is 2.33 bits per heavy atom. The van der Waals surface area contributed by atoms with Crippen molar-refractivity contribution in [2.75, 3.05) is 0 Å². The van der Waals surface area contributed by atoms with Crippen molar-refractivity contribution in [2.24, 2.45) is 0 Å². The van der Waals surface area contributed by atoms with Crippen LogP contribution in [0.15, 0.2) is 36.4 Å². The second-order valence-electron chi connectivity index (χ2n) is 3.35. The molecule has 2 aromatic carbocycles. The fourth-order valence-corrected chi connectivity index (χ4v) is 1.49. The maximum atomic E-state index is 10.6. The molecule has 0 N–H and O–H groups in total. The van der Waals surface area contributed by atoms with Crippen LogP contribution < -0.4 is 34.7 Å². The maximum Gasteiger partial charge on any atom is 1.00 e. The van der Waals surface area contributed by atoms with Crippen LogP contribution in [0.25, 0.3) is 10.8 Å². The third kappa shape index (κ3) is 2.59. The first-order valence-corrected chi connectivity index (χ1v) is 4.38. The van der Waals surface area contributed by atoms with Crippen LogP contribution >= 0.6 is 0 Å². The van der Waals surface area contributed by atoms with Gasteiger partial charge in [-0.2, -0.15) is 0 Å². The molecule has 3 heteroatoms. The minimum atomic E-state index is -1.13. The molecule has 0 aliphatic rings. The average molecular weight is 208 g/mol. The zero-order chi connectivity index (χ0) is 10.1. The normalized spacial score (nSPS) is 9.67. The first-order chi connectivity index (χ1) is 6.66. The van der Waals surface area contributed by atoms with Crippen molar-refractivity contribution < 1.29 is 39.5 Å². The molecule has 0 atom stereocenters. The van der Waals surface area contributed by atoms with Gasteiger partial charge in [-0.15, -0.1) is 0 Å². The predicted octanol–water partition coefficient (Wildman–Crippen LogP) is -1.48. The Labute approximate surface area is 110 Å². The van der Waals surface area contributed by atoms with Gasteiger partial charge in [0, 0.05) is 0 Å². The van der Waals surface area contributed by atoms with E-state index in [4.69, 9.17) is 0 Å². The molecule has 0 aliphatic carbocycles. The van der Waals surface area contributed by atoms with Gasteiger partial charge >= 0.3 is 29.6 Å². The molecular formula is C12H9NaO2. The van der Waals surface area contributed by atoms with E-state index >= 15 is 0 Å². The molecule has 0 heterocycles. The summed E-state index contributed by atoms with van der Waals surface area (Å²) in [5.74, 6) is -1.13. The third-order valence-corrected chi connectivity index (χ3v) is 2.23. The Hall–Kier alpha value is -0.830. The van der Waals surface area contributed by atoms with Crippen molar-refractivity contribution in [3.63, 3.8) is 0 Å². The van der Waals surface area contributed by atoms with Gasteiger partial charge in [-0.05, 0) is 29.3 Å². The van der Waals surface area contributed by atoms with Crippen molar-refractivity contribution in [1.29, 1.82) is 0 Å². The number of hydrogen-bond donors (Lipinski definition) is 0. The zero-order valence-electron chi connectivity index (χ0n) is 8.78. The van der Waals surface area contributed by atoms with Gasteiger partial charge in [0.2, 0.25) is 0 Å². The van der Waals surface area contributed by atoms with Crippen LogP contribution in [0.4, 0.5) is 0 Å².